The van der Waals surface area contributed by atoms with Gasteiger partial charge in [-0.05, 0) is 25.0 Å². The van der Waals surface area contributed by atoms with Crippen LogP contribution in [0.5, 0.6) is 0 Å². The van der Waals surface area contributed by atoms with Crippen LogP contribution in [0, 0.1) is 13.8 Å². The fraction of sp³-hybridized carbons (Fsp3) is 0.647. The van der Waals surface area contributed by atoms with Crippen molar-refractivity contribution in [1.82, 2.24) is 13.5 Å². The molecule has 0 spiro atoms. The van der Waals surface area contributed by atoms with Crippen molar-refractivity contribution in [2.24, 2.45) is 0 Å². The van der Waals surface area contributed by atoms with E-state index in [4.69, 9.17) is 4.74 Å². The molecule has 24 heavy (non-hydrogen) atoms. The lowest BCUT2D eigenvalue weighted by molar-refractivity contribution is 0.0684. The molecule has 0 aliphatic carbocycles. The third-order valence-corrected chi connectivity index (χ3v) is 6.89. The van der Waals surface area contributed by atoms with E-state index in [1.807, 2.05) is 0 Å². The van der Waals surface area contributed by atoms with E-state index >= 15 is 0 Å². The maximum Gasteiger partial charge on any atom is 0.282 e. The number of hydrogen-bond donors (Lipinski definition) is 0. The standard InChI is InChI=1S/C17H27N3O3S/c1-15-3-4-16(2)17(13-15)14-18-5-7-19(8-6-18)24(21,22)20-9-11-23-12-10-20/h3-4,13H,5-12,14H2,1-2H3. The molecule has 2 aliphatic heterocycles. The van der Waals surface area contributed by atoms with E-state index in [2.05, 4.69) is 36.9 Å². The largest absolute Gasteiger partial charge is 0.379 e. The van der Waals surface area contributed by atoms with Crippen LogP contribution in [0.3, 0.4) is 0 Å². The van der Waals surface area contributed by atoms with Crippen LogP contribution in [-0.2, 0) is 21.5 Å². The summed E-state index contributed by atoms with van der Waals surface area (Å²) in [4.78, 5) is 2.34. The van der Waals surface area contributed by atoms with Crippen LogP contribution < -0.4 is 0 Å². The second-order valence-electron chi connectivity index (χ2n) is 6.62. The average molecular weight is 353 g/mol. The number of piperazine rings is 1. The normalized spacial score (nSPS) is 21.9. The number of benzene rings is 1. The van der Waals surface area contributed by atoms with Gasteiger partial charge in [0, 0.05) is 45.8 Å². The van der Waals surface area contributed by atoms with Gasteiger partial charge in [-0.1, -0.05) is 23.8 Å². The highest BCUT2D eigenvalue weighted by atomic mass is 32.2. The Kier molecular flexibility index (Phi) is 5.56. The summed E-state index contributed by atoms with van der Waals surface area (Å²) >= 11 is 0. The van der Waals surface area contributed by atoms with Crippen molar-refractivity contribution in [3.8, 4) is 0 Å². The van der Waals surface area contributed by atoms with E-state index in [0.717, 1.165) is 19.6 Å². The van der Waals surface area contributed by atoms with Crippen LogP contribution in [-0.4, -0.2) is 74.4 Å². The molecule has 1 aromatic rings. The highest BCUT2D eigenvalue weighted by Gasteiger charge is 2.33. The molecule has 0 bridgehead atoms. The number of nitrogens with zero attached hydrogens (tertiary/aromatic N) is 3. The smallest absolute Gasteiger partial charge is 0.282 e. The Bertz CT molecular complexity index is 664. The molecule has 2 heterocycles. The molecule has 7 heteroatoms. The van der Waals surface area contributed by atoms with Crippen molar-refractivity contribution < 1.29 is 13.2 Å². The van der Waals surface area contributed by atoms with E-state index in [-0.39, 0.29) is 0 Å². The molecular formula is C17H27N3O3S. The molecule has 1 aromatic carbocycles. The fourth-order valence-corrected chi connectivity index (χ4v) is 4.83. The summed E-state index contributed by atoms with van der Waals surface area (Å²) in [5, 5.41) is 0. The maximum absolute atomic E-state index is 12.7. The quantitative estimate of drug-likeness (QED) is 0.810. The van der Waals surface area contributed by atoms with E-state index in [0.29, 0.717) is 39.4 Å². The predicted molar refractivity (Wildman–Crippen MR) is 94.1 cm³/mol. The van der Waals surface area contributed by atoms with Crippen molar-refractivity contribution in [2.45, 2.75) is 20.4 Å². The minimum Gasteiger partial charge on any atom is -0.379 e. The Morgan fingerprint density at radius 1 is 0.958 bits per heavy atom. The van der Waals surface area contributed by atoms with Gasteiger partial charge in [-0.3, -0.25) is 4.90 Å². The summed E-state index contributed by atoms with van der Waals surface area (Å²) in [5.74, 6) is 0. The Balaban J connectivity index is 1.58. The van der Waals surface area contributed by atoms with E-state index in [1.54, 1.807) is 8.61 Å². The fourth-order valence-electron chi connectivity index (χ4n) is 3.27. The molecule has 0 amide bonds. The summed E-state index contributed by atoms with van der Waals surface area (Å²) in [5.41, 5.74) is 3.90. The SMILES string of the molecule is Cc1ccc(C)c(CN2CCN(S(=O)(=O)N3CCOCC3)CC2)c1. The van der Waals surface area contributed by atoms with Gasteiger partial charge in [0.15, 0.2) is 0 Å². The first kappa shape index (κ1) is 17.8. The molecule has 0 saturated carbocycles. The zero-order valence-electron chi connectivity index (χ0n) is 14.6. The Morgan fingerprint density at radius 3 is 2.25 bits per heavy atom. The maximum atomic E-state index is 12.7. The highest BCUT2D eigenvalue weighted by molar-refractivity contribution is 7.86. The van der Waals surface area contributed by atoms with Crippen molar-refractivity contribution >= 4 is 10.2 Å². The Labute approximate surface area is 145 Å². The molecule has 0 N–H and O–H groups in total. The third-order valence-electron chi connectivity index (χ3n) is 4.85. The second kappa shape index (κ2) is 7.49. The molecule has 0 atom stereocenters. The van der Waals surface area contributed by atoms with Crippen LogP contribution in [0.25, 0.3) is 0 Å². The third kappa shape index (κ3) is 3.97. The summed E-state index contributed by atoms with van der Waals surface area (Å²) in [6.45, 7) is 9.71. The van der Waals surface area contributed by atoms with Crippen molar-refractivity contribution in [3.05, 3.63) is 34.9 Å². The monoisotopic (exact) mass is 353 g/mol. The molecule has 0 unspecified atom stereocenters. The molecule has 2 aliphatic rings. The van der Waals surface area contributed by atoms with Crippen LogP contribution in [0.15, 0.2) is 18.2 Å². The average Bonchev–Trinajstić information content (AvgIpc) is 2.59. The van der Waals surface area contributed by atoms with Gasteiger partial charge in [-0.15, -0.1) is 0 Å². The van der Waals surface area contributed by atoms with Gasteiger partial charge in [-0.2, -0.15) is 17.0 Å². The highest BCUT2D eigenvalue weighted by Crippen LogP contribution is 2.17. The van der Waals surface area contributed by atoms with Gasteiger partial charge in [0.1, 0.15) is 0 Å². The molecule has 0 aromatic heterocycles. The Morgan fingerprint density at radius 2 is 1.58 bits per heavy atom. The number of aryl methyl sites for hydroxylation is 2. The van der Waals surface area contributed by atoms with E-state index in [1.165, 1.54) is 16.7 Å². The summed E-state index contributed by atoms with van der Waals surface area (Å²) in [6, 6.07) is 6.52. The lowest BCUT2D eigenvalue weighted by Gasteiger charge is -2.37. The number of ether oxygens (including phenoxy) is 1. The predicted octanol–water partition coefficient (Wildman–Crippen LogP) is 0.998. The molecule has 134 valence electrons. The summed E-state index contributed by atoms with van der Waals surface area (Å²) < 4.78 is 33.8. The van der Waals surface area contributed by atoms with Crippen molar-refractivity contribution in [2.75, 3.05) is 52.5 Å². The molecule has 2 fully saturated rings. The molecule has 6 nitrogen and oxygen atoms in total. The van der Waals surface area contributed by atoms with Crippen molar-refractivity contribution in [3.63, 3.8) is 0 Å². The molecule has 3 rings (SSSR count). The Hall–Kier alpha value is -0.990. The number of morpholine rings is 1. The van der Waals surface area contributed by atoms with Gasteiger partial charge in [0.25, 0.3) is 10.2 Å². The van der Waals surface area contributed by atoms with Crippen LogP contribution in [0.2, 0.25) is 0 Å². The zero-order chi connectivity index (χ0) is 17.2. The lowest BCUT2D eigenvalue weighted by atomic mass is 10.1. The van der Waals surface area contributed by atoms with Crippen LogP contribution >= 0.6 is 0 Å². The first-order valence-corrected chi connectivity index (χ1v) is 9.98. The first-order chi connectivity index (χ1) is 11.5. The number of hydrogen-bond acceptors (Lipinski definition) is 4. The second-order valence-corrected chi connectivity index (χ2v) is 8.55. The van der Waals surface area contributed by atoms with E-state index < -0.39 is 10.2 Å². The van der Waals surface area contributed by atoms with Gasteiger partial charge < -0.3 is 4.74 Å². The van der Waals surface area contributed by atoms with Crippen molar-refractivity contribution in [1.29, 1.82) is 0 Å². The van der Waals surface area contributed by atoms with Gasteiger partial charge in [-0.25, -0.2) is 0 Å². The molecule has 2 saturated heterocycles. The van der Waals surface area contributed by atoms with Gasteiger partial charge >= 0.3 is 0 Å². The molecular weight excluding hydrogens is 326 g/mol. The van der Waals surface area contributed by atoms with Crippen LogP contribution in [0.4, 0.5) is 0 Å². The van der Waals surface area contributed by atoms with Crippen LogP contribution in [0.1, 0.15) is 16.7 Å². The number of rotatable bonds is 4. The van der Waals surface area contributed by atoms with E-state index in [9.17, 15) is 8.42 Å². The topological polar surface area (TPSA) is 53.1 Å². The minimum atomic E-state index is -3.34. The van der Waals surface area contributed by atoms with Gasteiger partial charge in [0.05, 0.1) is 13.2 Å². The van der Waals surface area contributed by atoms with Gasteiger partial charge in [0.2, 0.25) is 0 Å². The summed E-state index contributed by atoms with van der Waals surface area (Å²) in [6.07, 6.45) is 0. The zero-order valence-corrected chi connectivity index (χ0v) is 15.4. The molecule has 0 radical (unpaired) electrons. The lowest BCUT2D eigenvalue weighted by Crippen LogP contribution is -2.54. The minimum absolute atomic E-state index is 0.463. The first-order valence-electron chi connectivity index (χ1n) is 8.58. The summed E-state index contributed by atoms with van der Waals surface area (Å²) in [7, 11) is -3.34.